The predicted octanol–water partition coefficient (Wildman–Crippen LogP) is 5.56. The summed E-state index contributed by atoms with van der Waals surface area (Å²) >= 11 is 7.35. The molecule has 1 amide bonds. The predicted molar refractivity (Wildman–Crippen MR) is 133 cm³/mol. The van der Waals surface area contributed by atoms with E-state index in [1.165, 1.54) is 17.3 Å². The number of benzene rings is 2. The number of hydrogen-bond acceptors (Lipinski definition) is 5. The largest absolute Gasteiger partial charge is 0.305 e. The van der Waals surface area contributed by atoms with Gasteiger partial charge in [0.2, 0.25) is 0 Å². The molecule has 6 nitrogen and oxygen atoms in total. The summed E-state index contributed by atoms with van der Waals surface area (Å²) in [6.07, 6.45) is 3.66. The van der Waals surface area contributed by atoms with E-state index in [0.29, 0.717) is 21.9 Å². The minimum Gasteiger partial charge on any atom is -0.305 e. The van der Waals surface area contributed by atoms with Gasteiger partial charge in [-0.1, -0.05) is 79.7 Å². The number of hydrazone groups is 1. The van der Waals surface area contributed by atoms with Gasteiger partial charge in [-0.05, 0) is 41.7 Å². The third kappa shape index (κ3) is 6.55. The lowest BCUT2D eigenvalue weighted by Gasteiger charge is -2.05. The second-order valence-electron chi connectivity index (χ2n) is 7.67. The van der Waals surface area contributed by atoms with Crippen LogP contribution in [0.3, 0.4) is 0 Å². The number of thioether (sulfide) groups is 1. The highest BCUT2D eigenvalue weighted by molar-refractivity contribution is 7.99. The molecule has 0 aliphatic heterocycles. The van der Waals surface area contributed by atoms with Crippen LogP contribution in [0, 0.1) is 0 Å². The average Bonchev–Trinajstić information content (AvgIpc) is 3.13. The Morgan fingerprint density at radius 2 is 1.97 bits per heavy atom. The highest BCUT2D eigenvalue weighted by atomic mass is 35.5. The number of nitrogens with one attached hydrogen (secondary N) is 1. The summed E-state index contributed by atoms with van der Waals surface area (Å²) in [6.45, 7) is 6.29. The van der Waals surface area contributed by atoms with Gasteiger partial charge in [-0.25, -0.2) is 5.43 Å². The third-order valence-electron chi connectivity index (χ3n) is 4.70. The number of aromatic nitrogens is 3. The topological polar surface area (TPSA) is 72.2 Å². The van der Waals surface area contributed by atoms with Gasteiger partial charge in [0, 0.05) is 17.6 Å². The van der Waals surface area contributed by atoms with Crippen LogP contribution in [0.1, 0.15) is 37.8 Å². The van der Waals surface area contributed by atoms with E-state index >= 15 is 0 Å². The fraction of sp³-hybridized carbons (Fsp3) is 0.250. The molecule has 8 heteroatoms. The molecule has 32 heavy (non-hydrogen) atoms. The number of carbonyl (C=O) groups is 1. The Hall–Kier alpha value is -2.90. The summed E-state index contributed by atoms with van der Waals surface area (Å²) in [5.41, 5.74) is 6.76. The lowest BCUT2D eigenvalue weighted by atomic mass is 10.0. The molecule has 1 aromatic heterocycles. The smallest absolute Gasteiger partial charge is 0.250 e. The zero-order valence-corrected chi connectivity index (χ0v) is 20.1. The molecule has 0 aliphatic rings. The average molecular weight is 468 g/mol. The molecule has 0 saturated carbocycles. The molecule has 3 rings (SSSR count). The van der Waals surface area contributed by atoms with Gasteiger partial charge in [-0.2, -0.15) is 5.10 Å². The number of nitrogens with zero attached hydrogens (tertiary/aromatic N) is 4. The highest BCUT2D eigenvalue weighted by Gasteiger charge is 2.13. The Kier molecular flexibility index (Phi) is 8.25. The van der Waals surface area contributed by atoms with E-state index < -0.39 is 0 Å². The van der Waals surface area contributed by atoms with E-state index in [9.17, 15) is 4.79 Å². The van der Waals surface area contributed by atoms with E-state index in [1.54, 1.807) is 12.3 Å². The van der Waals surface area contributed by atoms with Crippen molar-refractivity contribution in [2.45, 2.75) is 31.8 Å². The van der Waals surface area contributed by atoms with E-state index in [1.807, 2.05) is 42.8 Å². The molecule has 0 spiro atoms. The number of carbonyl (C=O) groups excluding carboxylic acids is 1. The normalized spacial score (nSPS) is 12.0. The van der Waals surface area contributed by atoms with Crippen molar-refractivity contribution in [2.24, 2.45) is 12.1 Å². The van der Waals surface area contributed by atoms with E-state index in [4.69, 9.17) is 11.6 Å². The van der Waals surface area contributed by atoms with Crippen molar-refractivity contribution >= 4 is 41.6 Å². The first-order valence-electron chi connectivity index (χ1n) is 10.2. The van der Waals surface area contributed by atoms with E-state index in [0.717, 1.165) is 16.7 Å². The molecule has 0 unspecified atom stereocenters. The standard InChI is InChI=1S/C24H26ClN5OS/c1-16(2)19-10-8-18(9-11-19)12-17(3)14-26-27-22(31)15-32-24-29-28-23(30(24)4)20-6-5-7-21(25)13-20/h5-14,16H,15H2,1-4H3,(H,27,31). The Labute approximate surface area is 197 Å². The lowest BCUT2D eigenvalue weighted by Crippen LogP contribution is -2.19. The van der Waals surface area contributed by atoms with E-state index in [-0.39, 0.29) is 11.7 Å². The van der Waals surface area contributed by atoms with Gasteiger partial charge in [0.15, 0.2) is 11.0 Å². The number of rotatable bonds is 8. The fourth-order valence-electron chi connectivity index (χ4n) is 2.97. The van der Waals surface area contributed by atoms with Crippen molar-refractivity contribution in [3.05, 3.63) is 70.3 Å². The molecular weight excluding hydrogens is 442 g/mol. The van der Waals surface area contributed by atoms with Gasteiger partial charge in [-0.15, -0.1) is 10.2 Å². The maximum atomic E-state index is 12.2. The van der Waals surface area contributed by atoms with Crippen molar-refractivity contribution in [1.29, 1.82) is 0 Å². The molecule has 0 saturated heterocycles. The quantitative estimate of drug-likeness (QED) is 0.267. The molecule has 0 bridgehead atoms. The Balaban J connectivity index is 1.51. The minimum absolute atomic E-state index is 0.179. The van der Waals surface area contributed by atoms with Crippen molar-refractivity contribution in [3.63, 3.8) is 0 Å². The van der Waals surface area contributed by atoms with Gasteiger partial charge >= 0.3 is 0 Å². The molecule has 166 valence electrons. The van der Waals surface area contributed by atoms with Gasteiger partial charge in [0.05, 0.1) is 12.0 Å². The summed E-state index contributed by atoms with van der Waals surface area (Å²) in [5, 5.41) is 13.7. The lowest BCUT2D eigenvalue weighted by molar-refractivity contribution is -0.118. The van der Waals surface area contributed by atoms with Gasteiger partial charge in [-0.3, -0.25) is 4.79 Å². The molecule has 0 fully saturated rings. The van der Waals surface area contributed by atoms with Gasteiger partial charge < -0.3 is 4.57 Å². The third-order valence-corrected chi connectivity index (χ3v) is 5.96. The van der Waals surface area contributed by atoms with E-state index in [2.05, 4.69) is 58.8 Å². The Morgan fingerprint density at radius 1 is 1.22 bits per heavy atom. The zero-order valence-electron chi connectivity index (χ0n) is 18.5. The molecule has 0 atom stereocenters. The molecule has 1 heterocycles. The highest BCUT2D eigenvalue weighted by Crippen LogP contribution is 2.24. The number of amides is 1. The van der Waals surface area contributed by atoms with Crippen molar-refractivity contribution < 1.29 is 4.79 Å². The fourth-order valence-corrected chi connectivity index (χ4v) is 3.86. The van der Waals surface area contributed by atoms with Crippen LogP contribution in [-0.4, -0.2) is 32.6 Å². The summed E-state index contributed by atoms with van der Waals surface area (Å²) < 4.78 is 1.84. The number of allylic oxidation sites excluding steroid dienone is 1. The molecular formula is C24H26ClN5OS. The molecule has 0 aliphatic carbocycles. The second kappa shape index (κ2) is 11.1. The molecule has 0 radical (unpaired) electrons. The van der Waals surface area contributed by atoms with Crippen LogP contribution in [0.5, 0.6) is 0 Å². The van der Waals surface area contributed by atoms with Gasteiger partial charge in [0.25, 0.3) is 5.91 Å². The summed E-state index contributed by atoms with van der Waals surface area (Å²) in [5.74, 6) is 1.16. The first kappa shape index (κ1) is 23.8. The second-order valence-corrected chi connectivity index (χ2v) is 9.05. The van der Waals surface area contributed by atoms with Crippen LogP contribution < -0.4 is 5.43 Å². The van der Waals surface area contributed by atoms with Crippen LogP contribution in [0.4, 0.5) is 0 Å². The van der Waals surface area contributed by atoms with Crippen molar-refractivity contribution in [2.75, 3.05) is 5.75 Å². The van der Waals surface area contributed by atoms with Crippen LogP contribution in [-0.2, 0) is 11.8 Å². The Morgan fingerprint density at radius 3 is 2.66 bits per heavy atom. The van der Waals surface area contributed by atoms with Crippen molar-refractivity contribution in [1.82, 2.24) is 20.2 Å². The summed E-state index contributed by atoms with van der Waals surface area (Å²) in [7, 11) is 1.86. The SMILES string of the molecule is CC(C=NNC(=O)CSc1nnc(-c2cccc(Cl)c2)n1C)=Cc1ccc(C(C)C)cc1. The minimum atomic E-state index is -0.215. The maximum absolute atomic E-state index is 12.2. The number of hydrogen-bond donors (Lipinski definition) is 1. The summed E-state index contributed by atoms with van der Waals surface area (Å²) in [4.78, 5) is 12.2. The van der Waals surface area contributed by atoms with Crippen LogP contribution in [0.15, 0.2) is 64.4 Å². The molecule has 1 N–H and O–H groups in total. The first-order valence-corrected chi connectivity index (χ1v) is 11.6. The van der Waals surface area contributed by atoms with Gasteiger partial charge in [0.1, 0.15) is 0 Å². The molecule has 3 aromatic rings. The Bertz CT molecular complexity index is 1140. The summed E-state index contributed by atoms with van der Waals surface area (Å²) in [6, 6.07) is 15.8. The monoisotopic (exact) mass is 467 g/mol. The number of halogens is 1. The van der Waals surface area contributed by atoms with Crippen LogP contribution in [0.2, 0.25) is 5.02 Å². The van der Waals surface area contributed by atoms with Crippen LogP contribution in [0.25, 0.3) is 17.5 Å². The molecule has 2 aromatic carbocycles. The maximum Gasteiger partial charge on any atom is 0.250 e. The zero-order chi connectivity index (χ0) is 23.1. The van der Waals surface area contributed by atoms with Crippen LogP contribution >= 0.6 is 23.4 Å². The van der Waals surface area contributed by atoms with Crippen molar-refractivity contribution in [3.8, 4) is 11.4 Å². The first-order chi connectivity index (χ1) is 15.3.